The molecule has 2 aromatic rings. The summed E-state index contributed by atoms with van der Waals surface area (Å²) in [6, 6.07) is 0. The number of hydrogen-bond acceptors (Lipinski definition) is 2. The van der Waals surface area contributed by atoms with Gasteiger partial charge in [0.1, 0.15) is 0 Å². The molecule has 0 amide bonds. The van der Waals surface area contributed by atoms with Gasteiger partial charge in [-0.05, 0) is 6.92 Å². The van der Waals surface area contributed by atoms with E-state index in [1.165, 1.54) is 0 Å². The molecular formula is C8H7Cl2N3. The van der Waals surface area contributed by atoms with E-state index in [0.717, 1.165) is 17.6 Å². The van der Waals surface area contributed by atoms with Crippen LogP contribution in [0.1, 0.15) is 6.92 Å². The molecule has 2 heterocycles. The Labute approximate surface area is 85.3 Å². The summed E-state index contributed by atoms with van der Waals surface area (Å²) in [4.78, 5) is 4.16. The minimum atomic E-state index is 0.463. The molecule has 0 N–H and O–H groups in total. The van der Waals surface area contributed by atoms with Crippen LogP contribution in [0.15, 0.2) is 12.4 Å². The number of pyridine rings is 1. The maximum absolute atomic E-state index is 5.97. The lowest BCUT2D eigenvalue weighted by molar-refractivity contribution is 0.677. The highest BCUT2D eigenvalue weighted by atomic mass is 35.5. The van der Waals surface area contributed by atoms with Crippen molar-refractivity contribution in [2.45, 2.75) is 13.5 Å². The minimum Gasteiger partial charge on any atom is -0.248 e. The molecule has 0 fully saturated rings. The molecule has 0 radical (unpaired) electrons. The van der Waals surface area contributed by atoms with Crippen molar-refractivity contribution < 1.29 is 0 Å². The van der Waals surface area contributed by atoms with Crippen molar-refractivity contribution in [1.29, 1.82) is 0 Å². The molecule has 0 saturated heterocycles. The highest BCUT2D eigenvalue weighted by Gasteiger charge is 2.08. The Hall–Kier alpha value is -0.800. The average Bonchev–Trinajstić information content (AvgIpc) is 2.55. The zero-order valence-electron chi connectivity index (χ0n) is 6.96. The van der Waals surface area contributed by atoms with Crippen LogP contribution in [-0.2, 0) is 6.54 Å². The molecule has 3 nitrogen and oxygen atoms in total. The second kappa shape index (κ2) is 3.16. The summed E-state index contributed by atoms with van der Waals surface area (Å²) in [7, 11) is 0. The fraction of sp³-hybridized carbons (Fsp3) is 0.250. The van der Waals surface area contributed by atoms with E-state index in [2.05, 4.69) is 10.1 Å². The first-order valence-corrected chi connectivity index (χ1v) is 4.65. The lowest BCUT2D eigenvalue weighted by Crippen LogP contribution is -1.96. The maximum Gasteiger partial charge on any atom is 0.159 e. The Morgan fingerprint density at radius 3 is 2.85 bits per heavy atom. The molecule has 5 heteroatoms. The van der Waals surface area contributed by atoms with E-state index < -0.39 is 0 Å². The fourth-order valence-electron chi connectivity index (χ4n) is 1.20. The largest absolute Gasteiger partial charge is 0.248 e. The van der Waals surface area contributed by atoms with Gasteiger partial charge in [0.25, 0.3) is 0 Å². The molecule has 13 heavy (non-hydrogen) atoms. The molecule has 68 valence electrons. The summed E-state index contributed by atoms with van der Waals surface area (Å²) in [5.41, 5.74) is 0.775. The standard InChI is InChI=1S/C8H7Cl2N3/c1-2-13-8-5(3-12-13)7(10)6(9)4-11-8/h3-4H,2H2,1H3. The van der Waals surface area contributed by atoms with Gasteiger partial charge in [-0.2, -0.15) is 5.10 Å². The van der Waals surface area contributed by atoms with Crippen LogP contribution in [0.25, 0.3) is 11.0 Å². The first-order chi connectivity index (χ1) is 6.24. The van der Waals surface area contributed by atoms with Gasteiger partial charge in [0.15, 0.2) is 5.65 Å². The second-order valence-electron chi connectivity index (χ2n) is 2.62. The van der Waals surface area contributed by atoms with Crippen LogP contribution in [0, 0.1) is 0 Å². The molecule has 0 aliphatic heterocycles. The predicted octanol–water partition coefficient (Wildman–Crippen LogP) is 2.76. The van der Waals surface area contributed by atoms with E-state index in [0.29, 0.717) is 10.0 Å². The summed E-state index contributed by atoms with van der Waals surface area (Å²) in [5, 5.41) is 5.91. The predicted molar refractivity (Wildman–Crippen MR) is 53.2 cm³/mol. The number of aryl methyl sites for hydroxylation is 1. The molecule has 2 aromatic heterocycles. The summed E-state index contributed by atoms with van der Waals surface area (Å²) in [6.07, 6.45) is 3.22. The lowest BCUT2D eigenvalue weighted by Gasteiger charge is -1.98. The van der Waals surface area contributed by atoms with Crippen LogP contribution < -0.4 is 0 Å². The third-order valence-electron chi connectivity index (χ3n) is 1.86. The first-order valence-electron chi connectivity index (χ1n) is 3.89. The topological polar surface area (TPSA) is 30.7 Å². The Morgan fingerprint density at radius 2 is 2.15 bits per heavy atom. The summed E-state index contributed by atoms with van der Waals surface area (Å²) < 4.78 is 1.78. The van der Waals surface area contributed by atoms with E-state index in [4.69, 9.17) is 23.2 Å². The lowest BCUT2D eigenvalue weighted by atomic mass is 10.3. The Morgan fingerprint density at radius 1 is 1.38 bits per heavy atom. The zero-order valence-corrected chi connectivity index (χ0v) is 8.47. The van der Waals surface area contributed by atoms with Gasteiger partial charge in [0, 0.05) is 12.7 Å². The van der Waals surface area contributed by atoms with Crippen LogP contribution >= 0.6 is 23.2 Å². The summed E-state index contributed by atoms with van der Waals surface area (Å²) in [5.74, 6) is 0. The number of rotatable bonds is 1. The molecule has 0 aliphatic rings. The monoisotopic (exact) mass is 215 g/mol. The van der Waals surface area contributed by atoms with Gasteiger partial charge in [-0.15, -0.1) is 0 Å². The van der Waals surface area contributed by atoms with Gasteiger partial charge in [-0.1, -0.05) is 23.2 Å². The Balaban J connectivity index is 2.81. The third kappa shape index (κ3) is 1.28. The smallest absolute Gasteiger partial charge is 0.159 e. The van der Waals surface area contributed by atoms with E-state index in [-0.39, 0.29) is 0 Å². The van der Waals surface area contributed by atoms with Crippen LogP contribution in [0.4, 0.5) is 0 Å². The highest BCUT2D eigenvalue weighted by Crippen LogP contribution is 2.28. The number of hydrogen-bond donors (Lipinski definition) is 0. The molecule has 0 aliphatic carbocycles. The van der Waals surface area contributed by atoms with Gasteiger partial charge in [-0.25, -0.2) is 9.67 Å². The van der Waals surface area contributed by atoms with Gasteiger partial charge in [0.05, 0.1) is 21.6 Å². The second-order valence-corrected chi connectivity index (χ2v) is 3.40. The minimum absolute atomic E-state index is 0.463. The Bertz CT molecular complexity index is 450. The van der Waals surface area contributed by atoms with Gasteiger partial charge in [0.2, 0.25) is 0 Å². The summed E-state index contributed by atoms with van der Waals surface area (Å²) in [6.45, 7) is 2.77. The fourth-order valence-corrected chi connectivity index (χ4v) is 1.54. The number of nitrogens with zero attached hydrogens (tertiary/aromatic N) is 3. The first kappa shape index (κ1) is 8.78. The number of fused-ring (bicyclic) bond motifs is 1. The van der Waals surface area contributed by atoms with Crippen LogP contribution in [0.5, 0.6) is 0 Å². The van der Waals surface area contributed by atoms with E-state index in [9.17, 15) is 0 Å². The Kier molecular flexibility index (Phi) is 2.14. The molecule has 0 atom stereocenters. The van der Waals surface area contributed by atoms with Crippen LogP contribution in [0.2, 0.25) is 10.0 Å². The van der Waals surface area contributed by atoms with Crippen molar-refractivity contribution in [1.82, 2.24) is 14.8 Å². The number of halogens is 2. The van der Waals surface area contributed by atoms with Crippen molar-refractivity contribution in [2.75, 3.05) is 0 Å². The molecule has 2 rings (SSSR count). The molecule has 0 spiro atoms. The summed E-state index contributed by atoms with van der Waals surface area (Å²) >= 11 is 11.8. The van der Waals surface area contributed by atoms with Crippen molar-refractivity contribution >= 4 is 34.2 Å². The van der Waals surface area contributed by atoms with Crippen LogP contribution in [-0.4, -0.2) is 14.8 Å². The van der Waals surface area contributed by atoms with Gasteiger partial charge >= 0.3 is 0 Å². The van der Waals surface area contributed by atoms with Crippen LogP contribution in [0.3, 0.4) is 0 Å². The highest BCUT2D eigenvalue weighted by molar-refractivity contribution is 6.44. The van der Waals surface area contributed by atoms with E-state index in [1.807, 2.05) is 6.92 Å². The van der Waals surface area contributed by atoms with E-state index in [1.54, 1.807) is 17.1 Å². The van der Waals surface area contributed by atoms with E-state index >= 15 is 0 Å². The quantitative estimate of drug-likeness (QED) is 0.733. The van der Waals surface area contributed by atoms with Crippen molar-refractivity contribution in [2.24, 2.45) is 0 Å². The van der Waals surface area contributed by atoms with Gasteiger partial charge in [-0.3, -0.25) is 0 Å². The molecule has 0 unspecified atom stereocenters. The normalized spacial score (nSPS) is 11.0. The zero-order chi connectivity index (χ0) is 9.42. The molecule has 0 aromatic carbocycles. The van der Waals surface area contributed by atoms with Crippen molar-refractivity contribution in [3.8, 4) is 0 Å². The van der Waals surface area contributed by atoms with Crippen molar-refractivity contribution in [3.05, 3.63) is 22.4 Å². The molecular weight excluding hydrogens is 209 g/mol. The number of aromatic nitrogens is 3. The van der Waals surface area contributed by atoms with Crippen molar-refractivity contribution in [3.63, 3.8) is 0 Å². The third-order valence-corrected chi connectivity index (χ3v) is 2.65. The molecule has 0 bridgehead atoms. The van der Waals surface area contributed by atoms with Gasteiger partial charge < -0.3 is 0 Å². The average molecular weight is 216 g/mol. The SMILES string of the molecule is CCn1ncc2c(Cl)c(Cl)cnc21. The molecule has 0 saturated carbocycles. The maximum atomic E-state index is 5.97.